The van der Waals surface area contributed by atoms with Gasteiger partial charge in [-0.25, -0.2) is 4.98 Å². The van der Waals surface area contributed by atoms with Crippen LogP contribution in [0.3, 0.4) is 0 Å². The fourth-order valence-electron chi connectivity index (χ4n) is 3.13. The van der Waals surface area contributed by atoms with Crippen molar-refractivity contribution >= 4 is 48.8 Å². The van der Waals surface area contributed by atoms with E-state index in [1.165, 1.54) is 11.3 Å². The molecule has 0 aliphatic carbocycles. The molecule has 4 heterocycles. The summed E-state index contributed by atoms with van der Waals surface area (Å²) in [6.07, 6.45) is 1.70. The van der Waals surface area contributed by atoms with E-state index in [2.05, 4.69) is 41.3 Å². The first kappa shape index (κ1) is 15.8. The molecule has 0 fully saturated rings. The Kier molecular flexibility index (Phi) is 3.31. The number of aromatic nitrogens is 8. The van der Waals surface area contributed by atoms with Gasteiger partial charge in [0, 0.05) is 15.4 Å². The Hall–Kier alpha value is -3.24. The predicted octanol–water partition coefficient (Wildman–Crippen LogP) is 3.87. The molecule has 0 bridgehead atoms. The van der Waals surface area contributed by atoms with E-state index in [1.807, 2.05) is 52.9 Å². The molecular weight excluding hydrogens is 440 g/mol. The third kappa shape index (κ3) is 2.28. The minimum Gasteiger partial charge on any atom is -0.262 e. The first-order valence-corrected chi connectivity index (χ1v) is 9.96. The quantitative estimate of drug-likeness (QED) is 0.399. The molecule has 6 aromatic rings. The van der Waals surface area contributed by atoms with Gasteiger partial charge in [-0.3, -0.25) is 4.40 Å². The number of hydrogen-bond acceptors (Lipinski definition) is 7. The van der Waals surface area contributed by atoms with Crippen molar-refractivity contribution in [3.8, 4) is 22.2 Å². The van der Waals surface area contributed by atoms with E-state index in [0.29, 0.717) is 16.6 Å². The fourth-order valence-corrected chi connectivity index (χ4v) is 4.36. The average Bonchev–Trinajstić information content (AvgIpc) is 3.41. The van der Waals surface area contributed by atoms with E-state index >= 15 is 0 Å². The Morgan fingerprint density at radius 1 is 0.893 bits per heavy atom. The van der Waals surface area contributed by atoms with Crippen LogP contribution in [0, 0.1) is 0 Å². The molecule has 10 heteroatoms. The van der Waals surface area contributed by atoms with Gasteiger partial charge in [0.1, 0.15) is 11.3 Å². The van der Waals surface area contributed by atoms with Crippen LogP contribution >= 0.6 is 27.3 Å². The molecule has 0 spiro atoms. The Bertz CT molecular complexity index is 1500. The highest BCUT2D eigenvalue weighted by molar-refractivity contribution is 9.10. The van der Waals surface area contributed by atoms with Crippen LogP contribution in [0.2, 0.25) is 0 Å². The molecule has 0 N–H and O–H groups in total. The third-order valence-corrected chi connectivity index (χ3v) is 5.86. The van der Waals surface area contributed by atoms with Crippen LogP contribution in [0.4, 0.5) is 0 Å². The normalized spacial score (nSPS) is 11.8. The topological polar surface area (TPSA) is 86.2 Å². The molecule has 28 heavy (non-hydrogen) atoms. The molecule has 0 unspecified atom stereocenters. The zero-order chi connectivity index (χ0) is 18.7. The van der Waals surface area contributed by atoms with Crippen molar-refractivity contribution in [2.24, 2.45) is 0 Å². The Labute approximate surface area is 169 Å². The van der Waals surface area contributed by atoms with E-state index in [1.54, 1.807) is 10.8 Å². The lowest BCUT2D eigenvalue weighted by molar-refractivity contribution is 0.935. The van der Waals surface area contributed by atoms with Crippen molar-refractivity contribution in [2.75, 3.05) is 0 Å². The SMILES string of the molecule is Brc1cccc(-c2nn3c(-c4nnc5c6ccccc6ncn45)nnc3s2)c1. The zero-order valence-electron chi connectivity index (χ0n) is 14.1. The van der Waals surface area contributed by atoms with E-state index in [-0.39, 0.29) is 0 Å². The molecule has 0 aliphatic heterocycles. The van der Waals surface area contributed by atoms with Gasteiger partial charge < -0.3 is 0 Å². The van der Waals surface area contributed by atoms with Crippen molar-refractivity contribution in [1.29, 1.82) is 0 Å². The first-order valence-electron chi connectivity index (χ1n) is 8.35. The van der Waals surface area contributed by atoms with Crippen LogP contribution in [-0.4, -0.2) is 39.4 Å². The fraction of sp³-hybridized carbons (Fsp3) is 0. The van der Waals surface area contributed by atoms with Crippen molar-refractivity contribution in [2.45, 2.75) is 0 Å². The maximum atomic E-state index is 4.70. The maximum Gasteiger partial charge on any atom is 0.235 e. The average molecular weight is 449 g/mol. The minimum atomic E-state index is 0.525. The highest BCUT2D eigenvalue weighted by atomic mass is 79.9. The number of fused-ring (bicyclic) bond motifs is 4. The summed E-state index contributed by atoms with van der Waals surface area (Å²) in [6.45, 7) is 0. The molecule has 0 atom stereocenters. The largest absolute Gasteiger partial charge is 0.262 e. The summed E-state index contributed by atoms with van der Waals surface area (Å²) in [5.41, 5.74) is 2.60. The van der Waals surface area contributed by atoms with Gasteiger partial charge >= 0.3 is 0 Å². The van der Waals surface area contributed by atoms with Gasteiger partial charge in [0.15, 0.2) is 5.65 Å². The summed E-state index contributed by atoms with van der Waals surface area (Å²) in [6, 6.07) is 15.8. The van der Waals surface area contributed by atoms with Gasteiger partial charge in [-0.05, 0) is 24.3 Å². The molecule has 8 nitrogen and oxygen atoms in total. The predicted molar refractivity (Wildman–Crippen MR) is 109 cm³/mol. The summed E-state index contributed by atoms with van der Waals surface area (Å²) < 4.78 is 4.52. The molecule has 0 radical (unpaired) electrons. The van der Waals surface area contributed by atoms with Crippen molar-refractivity contribution in [3.63, 3.8) is 0 Å². The standard InChI is InChI=1S/C18H9BrN8S/c19-11-5-3-4-10(8-11)17-25-27-16(23-24-18(27)28-17)15-22-21-14-12-6-1-2-7-13(12)20-9-26(14)15/h1-9H. The molecule has 6 rings (SSSR count). The molecule has 2 aromatic carbocycles. The van der Waals surface area contributed by atoms with E-state index in [9.17, 15) is 0 Å². The van der Waals surface area contributed by atoms with Gasteiger partial charge in [-0.1, -0.05) is 51.5 Å². The first-order chi connectivity index (χ1) is 13.8. The molecule has 134 valence electrons. The highest BCUT2D eigenvalue weighted by Crippen LogP contribution is 2.29. The van der Waals surface area contributed by atoms with E-state index in [4.69, 9.17) is 5.10 Å². The second-order valence-corrected chi connectivity index (χ2v) is 7.99. The summed E-state index contributed by atoms with van der Waals surface area (Å²) in [4.78, 5) is 5.19. The van der Waals surface area contributed by atoms with Gasteiger partial charge in [0.2, 0.25) is 16.6 Å². The van der Waals surface area contributed by atoms with Crippen molar-refractivity contribution < 1.29 is 0 Å². The molecule has 0 aliphatic rings. The number of benzene rings is 2. The molecular formula is C18H9BrN8S. The summed E-state index contributed by atoms with van der Waals surface area (Å²) >= 11 is 4.97. The monoisotopic (exact) mass is 448 g/mol. The second-order valence-electron chi connectivity index (χ2n) is 6.11. The van der Waals surface area contributed by atoms with Crippen LogP contribution in [0.1, 0.15) is 0 Å². The number of hydrogen-bond donors (Lipinski definition) is 0. The summed E-state index contributed by atoms with van der Waals surface area (Å²) in [5, 5.41) is 23.7. The van der Waals surface area contributed by atoms with E-state index < -0.39 is 0 Å². The van der Waals surface area contributed by atoms with Gasteiger partial charge in [-0.2, -0.15) is 9.61 Å². The Morgan fingerprint density at radius 2 is 1.79 bits per heavy atom. The number of nitrogens with zero attached hydrogens (tertiary/aromatic N) is 8. The van der Waals surface area contributed by atoms with Crippen LogP contribution in [0.15, 0.2) is 59.3 Å². The second kappa shape index (κ2) is 5.88. The van der Waals surface area contributed by atoms with Crippen molar-refractivity contribution in [3.05, 3.63) is 59.3 Å². The number of para-hydroxylation sites is 1. The third-order valence-electron chi connectivity index (χ3n) is 4.42. The van der Waals surface area contributed by atoms with E-state index in [0.717, 1.165) is 31.6 Å². The van der Waals surface area contributed by atoms with Gasteiger partial charge in [-0.15, -0.1) is 20.4 Å². The van der Waals surface area contributed by atoms with Crippen molar-refractivity contribution in [1.82, 2.24) is 39.4 Å². The molecule has 0 amide bonds. The lowest BCUT2D eigenvalue weighted by Gasteiger charge is -2.00. The molecule has 4 aromatic heterocycles. The summed E-state index contributed by atoms with van der Waals surface area (Å²) in [5.74, 6) is 1.07. The van der Waals surface area contributed by atoms with Crippen LogP contribution in [0.5, 0.6) is 0 Å². The number of halogens is 1. The zero-order valence-corrected chi connectivity index (χ0v) is 16.5. The summed E-state index contributed by atoms with van der Waals surface area (Å²) in [7, 11) is 0. The van der Waals surface area contributed by atoms with Gasteiger partial charge in [0.25, 0.3) is 0 Å². The number of rotatable bonds is 2. The van der Waals surface area contributed by atoms with Crippen LogP contribution in [-0.2, 0) is 0 Å². The smallest absolute Gasteiger partial charge is 0.235 e. The molecule has 0 saturated heterocycles. The van der Waals surface area contributed by atoms with Crippen LogP contribution in [0.25, 0.3) is 43.7 Å². The molecule has 0 saturated carbocycles. The Morgan fingerprint density at radius 3 is 2.71 bits per heavy atom. The van der Waals surface area contributed by atoms with Crippen LogP contribution < -0.4 is 0 Å². The lowest BCUT2D eigenvalue weighted by Crippen LogP contribution is -1.97. The highest BCUT2D eigenvalue weighted by Gasteiger charge is 2.20. The van der Waals surface area contributed by atoms with Gasteiger partial charge in [0.05, 0.1) is 5.52 Å². The lowest BCUT2D eigenvalue weighted by atomic mass is 10.2. The Balaban J connectivity index is 1.56. The maximum absolute atomic E-state index is 4.70. The minimum absolute atomic E-state index is 0.525.